The Morgan fingerprint density at radius 3 is 2.71 bits per heavy atom. The van der Waals surface area contributed by atoms with Crippen molar-refractivity contribution in [3.05, 3.63) is 35.2 Å². The lowest BCUT2D eigenvalue weighted by atomic mass is 10.1. The van der Waals surface area contributed by atoms with Crippen molar-refractivity contribution in [2.24, 2.45) is 0 Å². The Morgan fingerprint density at radius 1 is 1.29 bits per heavy atom. The quantitative estimate of drug-likeness (QED) is 0.817. The van der Waals surface area contributed by atoms with Crippen LogP contribution in [0.15, 0.2) is 30.3 Å². The molecule has 2 heterocycles. The maximum atomic E-state index is 11.4. The van der Waals surface area contributed by atoms with Gasteiger partial charge in [0.2, 0.25) is 0 Å². The van der Waals surface area contributed by atoms with E-state index in [-0.39, 0.29) is 0 Å². The minimum absolute atomic E-state index is 0.502. The molecule has 1 saturated heterocycles. The number of benzene rings is 1. The zero-order valence-corrected chi connectivity index (χ0v) is 13.1. The number of hydrogen-bond donors (Lipinski definition) is 0. The molecule has 110 valence electrons. The van der Waals surface area contributed by atoms with E-state index in [0.717, 1.165) is 42.3 Å². The van der Waals surface area contributed by atoms with Crippen molar-refractivity contribution in [3.8, 4) is 11.3 Å². The maximum absolute atomic E-state index is 11.4. The van der Waals surface area contributed by atoms with Gasteiger partial charge in [-0.25, -0.2) is 4.98 Å². The number of thiazole rings is 1. The third kappa shape index (κ3) is 2.84. The van der Waals surface area contributed by atoms with Crippen molar-refractivity contribution in [2.45, 2.75) is 13.0 Å². The van der Waals surface area contributed by atoms with Gasteiger partial charge in [-0.2, -0.15) is 0 Å². The Bertz CT molecular complexity index is 626. The van der Waals surface area contributed by atoms with Gasteiger partial charge in [-0.3, -0.25) is 4.79 Å². The van der Waals surface area contributed by atoms with E-state index < -0.39 is 0 Å². The van der Waals surface area contributed by atoms with Crippen LogP contribution in [0.25, 0.3) is 11.3 Å². The number of nitrogens with zero attached hydrogens (tertiary/aromatic N) is 3. The molecule has 1 aliphatic rings. The van der Waals surface area contributed by atoms with Gasteiger partial charge in [-0.15, -0.1) is 0 Å². The number of likely N-dealkylation sites (N-methyl/N-ethyl adjacent to an activating group) is 1. The molecule has 3 rings (SSSR count). The zero-order chi connectivity index (χ0) is 14.8. The fourth-order valence-corrected chi connectivity index (χ4v) is 3.50. The van der Waals surface area contributed by atoms with Crippen LogP contribution >= 0.6 is 11.3 Å². The number of carbonyl (C=O) groups excluding carboxylic acids is 1. The molecule has 1 unspecified atom stereocenters. The van der Waals surface area contributed by atoms with E-state index in [1.807, 2.05) is 30.3 Å². The Balaban J connectivity index is 1.91. The summed E-state index contributed by atoms with van der Waals surface area (Å²) in [6, 6.07) is 10.4. The average Bonchev–Trinajstić information content (AvgIpc) is 2.95. The second kappa shape index (κ2) is 5.95. The third-order valence-electron chi connectivity index (χ3n) is 4.03. The van der Waals surface area contributed by atoms with Gasteiger partial charge >= 0.3 is 0 Å². The predicted molar refractivity (Wildman–Crippen MR) is 87.2 cm³/mol. The van der Waals surface area contributed by atoms with Gasteiger partial charge in [-0.05, 0) is 14.0 Å². The van der Waals surface area contributed by atoms with Crippen LogP contribution in [0.3, 0.4) is 0 Å². The molecule has 1 aromatic heterocycles. The normalized spacial score (nSPS) is 19.7. The Kier molecular flexibility index (Phi) is 4.03. The van der Waals surface area contributed by atoms with Crippen LogP contribution < -0.4 is 4.90 Å². The van der Waals surface area contributed by atoms with E-state index in [1.165, 1.54) is 11.3 Å². The lowest BCUT2D eigenvalue weighted by Gasteiger charge is -2.37. The lowest BCUT2D eigenvalue weighted by molar-refractivity contribution is 0.112. The molecule has 0 aliphatic carbocycles. The topological polar surface area (TPSA) is 36.4 Å². The van der Waals surface area contributed by atoms with E-state index in [0.29, 0.717) is 10.9 Å². The fourth-order valence-electron chi connectivity index (χ4n) is 2.56. The molecule has 21 heavy (non-hydrogen) atoms. The van der Waals surface area contributed by atoms with Crippen molar-refractivity contribution in [3.63, 3.8) is 0 Å². The summed E-state index contributed by atoms with van der Waals surface area (Å²) in [5, 5.41) is 0.955. The van der Waals surface area contributed by atoms with Crippen LogP contribution in [0.2, 0.25) is 0 Å². The van der Waals surface area contributed by atoms with Crippen LogP contribution in [0.4, 0.5) is 5.13 Å². The van der Waals surface area contributed by atoms with Gasteiger partial charge in [0, 0.05) is 31.2 Å². The van der Waals surface area contributed by atoms with E-state index >= 15 is 0 Å². The predicted octanol–water partition coefficient (Wildman–Crippen LogP) is 2.76. The summed E-state index contributed by atoms with van der Waals surface area (Å²) in [5.41, 5.74) is 1.81. The van der Waals surface area contributed by atoms with Crippen LogP contribution in [-0.2, 0) is 0 Å². The highest BCUT2D eigenvalue weighted by molar-refractivity contribution is 7.17. The Hall–Kier alpha value is -1.72. The molecule has 0 spiro atoms. The monoisotopic (exact) mass is 301 g/mol. The van der Waals surface area contributed by atoms with E-state index in [4.69, 9.17) is 4.98 Å². The summed E-state index contributed by atoms with van der Waals surface area (Å²) in [4.78, 5) is 21.4. The van der Waals surface area contributed by atoms with Crippen molar-refractivity contribution in [2.75, 3.05) is 31.6 Å². The molecule has 0 bridgehead atoms. The highest BCUT2D eigenvalue weighted by Crippen LogP contribution is 2.32. The van der Waals surface area contributed by atoms with Crippen LogP contribution in [-0.4, -0.2) is 48.9 Å². The molecular weight excluding hydrogens is 282 g/mol. The summed E-state index contributed by atoms with van der Waals surface area (Å²) in [7, 11) is 2.15. The van der Waals surface area contributed by atoms with Crippen molar-refractivity contribution in [1.82, 2.24) is 9.88 Å². The molecule has 1 atom stereocenters. The van der Waals surface area contributed by atoms with Crippen LogP contribution in [0, 0.1) is 0 Å². The van der Waals surface area contributed by atoms with Gasteiger partial charge in [0.15, 0.2) is 11.4 Å². The van der Waals surface area contributed by atoms with Crippen LogP contribution in [0.1, 0.15) is 16.6 Å². The molecule has 4 nitrogen and oxygen atoms in total. The van der Waals surface area contributed by atoms with Gasteiger partial charge < -0.3 is 9.80 Å². The Morgan fingerprint density at radius 2 is 2.05 bits per heavy atom. The number of rotatable bonds is 3. The first-order chi connectivity index (χ1) is 10.2. The number of aromatic nitrogens is 1. The molecule has 1 aromatic carbocycles. The van der Waals surface area contributed by atoms with Crippen LogP contribution in [0.5, 0.6) is 0 Å². The molecule has 2 aromatic rings. The second-order valence-electron chi connectivity index (χ2n) is 5.47. The summed E-state index contributed by atoms with van der Waals surface area (Å²) in [5.74, 6) is 0. The summed E-state index contributed by atoms with van der Waals surface area (Å²) in [6.45, 7) is 5.16. The average molecular weight is 301 g/mol. The number of aldehydes is 1. The third-order valence-corrected chi connectivity index (χ3v) is 5.07. The zero-order valence-electron chi connectivity index (χ0n) is 12.3. The molecule has 1 fully saturated rings. The Labute approximate surface area is 129 Å². The highest BCUT2D eigenvalue weighted by atomic mass is 32.1. The molecule has 0 radical (unpaired) electrons. The second-order valence-corrected chi connectivity index (χ2v) is 6.48. The summed E-state index contributed by atoms with van der Waals surface area (Å²) < 4.78 is 0. The molecular formula is C16H19N3OS. The van der Waals surface area contributed by atoms with Crippen molar-refractivity contribution in [1.29, 1.82) is 0 Å². The van der Waals surface area contributed by atoms with Gasteiger partial charge in [0.05, 0.1) is 10.6 Å². The standard InChI is InChI=1S/C16H19N3OS/c1-12-10-19(9-8-18(12)2)16-17-15(14(11-20)21-16)13-6-4-3-5-7-13/h3-7,11-12H,8-10H2,1-2H3. The van der Waals surface area contributed by atoms with Gasteiger partial charge in [0.25, 0.3) is 0 Å². The summed E-state index contributed by atoms with van der Waals surface area (Å²) >= 11 is 1.49. The first kappa shape index (κ1) is 14.2. The first-order valence-corrected chi connectivity index (χ1v) is 7.97. The van der Waals surface area contributed by atoms with E-state index in [2.05, 4.69) is 23.8 Å². The smallest absolute Gasteiger partial charge is 0.186 e. The van der Waals surface area contributed by atoms with E-state index in [1.54, 1.807) is 0 Å². The number of anilines is 1. The minimum atomic E-state index is 0.502. The van der Waals surface area contributed by atoms with E-state index in [9.17, 15) is 4.79 Å². The molecule has 1 aliphatic heterocycles. The number of piperazine rings is 1. The molecule has 0 N–H and O–H groups in total. The van der Waals surface area contributed by atoms with Gasteiger partial charge in [0.1, 0.15) is 0 Å². The molecule has 0 amide bonds. The number of carbonyl (C=O) groups is 1. The SMILES string of the molecule is CC1CN(c2nc(-c3ccccc3)c(C=O)s2)CCN1C. The van der Waals surface area contributed by atoms with Gasteiger partial charge in [-0.1, -0.05) is 41.7 Å². The lowest BCUT2D eigenvalue weighted by Crippen LogP contribution is -2.50. The van der Waals surface area contributed by atoms with Crippen molar-refractivity contribution < 1.29 is 4.79 Å². The minimum Gasteiger partial charge on any atom is -0.345 e. The fraction of sp³-hybridized carbons (Fsp3) is 0.375. The first-order valence-electron chi connectivity index (χ1n) is 7.15. The molecule has 5 heteroatoms. The number of hydrogen-bond acceptors (Lipinski definition) is 5. The summed E-state index contributed by atoms with van der Waals surface area (Å²) in [6.07, 6.45) is 0.920. The highest BCUT2D eigenvalue weighted by Gasteiger charge is 2.24. The maximum Gasteiger partial charge on any atom is 0.186 e. The van der Waals surface area contributed by atoms with Crippen molar-refractivity contribution >= 4 is 22.8 Å². The largest absolute Gasteiger partial charge is 0.345 e. The molecule has 0 saturated carbocycles.